The minimum absolute atomic E-state index is 0. The van der Waals surface area contributed by atoms with Crippen molar-refractivity contribution in [2.45, 2.75) is 0 Å². The molecule has 110 valence electrons. The second kappa shape index (κ2) is 5.91. The van der Waals surface area contributed by atoms with Gasteiger partial charge in [0.25, 0.3) is 0 Å². The van der Waals surface area contributed by atoms with Crippen LogP contribution in [0.4, 0.5) is 0 Å². The van der Waals surface area contributed by atoms with Gasteiger partial charge in [0.05, 0.1) is 0 Å². The van der Waals surface area contributed by atoms with E-state index < -0.39 is 0 Å². The maximum atomic E-state index is 12.5. The lowest BCUT2D eigenvalue weighted by molar-refractivity contribution is 0.0979. The van der Waals surface area contributed by atoms with Crippen LogP contribution in [0, 0.1) is 0 Å². The molecule has 0 radical (unpaired) electrons. The zero-order valence-corrected chi connectivity index (χ0v) is 13.0. The van der Waals surface area contributed by atoms with Gasteiger partial charge < -0.3 is 0 Å². The van der Waals surface area contributed by atoms with E-state index in [9.17, 15) is 9.59 Å². The number of carbonyl (C=O) groups is 2. The van der Waals surface area contributed by atoms with Crippen LogP contribution in [0.2, 0.25) is 0 Å². The molecule has 1 aliphatic carbocycles. The van der Waals surface area contributed by atoms with Crippen LogP contribution in [0.15, 0.2) is 60.7 Å². The fraction of sp³-hybridized carbons (Fsp3) is 0. The molecular formula is C18H12Cl2O2. The van der Waals surface area contributed by atoms with Crippen molar-refractivity contribution in [3.63, 3.8) is 0 Å². The summed E-state index contributed by atoms with van der Waals surface area (Å²) in [5, 5.41) is 1.96. The summed E-state index contributed by atoms with van der Waals surface area (Å²) >= 11 is 0. The molecule has 0 saturated carbocycles. The van der Waals surface area contributed by atoms with E-state index in [4.69, 9.17) is 0 Å². The quantitative estimate of drug-likeness (QED) is 0.477. The molecule has 0 fully saturated rings. The van der Waals surface area contributed by atoms with Gasteiger partial charge in [-0.15, -0.1) is 24.8 Å². The summed E-state index contributed by atoms with van der Waals surface area (Å²) in [4.78, 5) is 25.1. The van der Waals surface area contributed by atoms with Crippen molar-refractivity contribution in [2.75, 3.05) is 0 Å². The topological polar surface area (TPSA) is 34.1 Å². The summed E-state index contributed by atoms with van der Waals surface area (Å²) in [6.45, 7) is 0. The van der Waals surface area contributed by atoms with E-state index in [1.54, 1.807) is 24.3 Å². The number of carbonyl (C=O) groups excluding carboxylic acids is 2. The molecule has 3 aromatic rings. The number of halogens is 2. The highest BCUT2D eigenvalue weighted by Crippen LogP contribution is 2.30. The molecule has 1 aliphatic rings. The minimum Gasteiger partial charge on any atom is -0.289 e. The molecular weight excluding hydrogens is 319 g/mol. The zero-order valence-electron chi connectivity index (χ0n) is 11.4. The van der Waals surface area contributed by atoms with Gasteiger partial charge in [0.1, 0.15) is 0 Å². The van der Waals surface area contributed by atoms with E-state index in [2.05, 4.69) is 0 Å². The van der Waals surface area contributed by atoms with E-state index >= 15 is 0 Å². The van der Waals surface area contributed by atoms with Gasteiger partial charge in [-0.05, 0) is 22.9 Å². The predicted molar refractivity (Wildman–Crippen MR) is 91.8 cm³/mol. The molecule has 0 aliphatic heterocycles. The van der Waals surface area contributed by atoms with E-state index in [0.29, 0.717) is 22.3 Å². The van der Waals surface area contributed by atoms with Crippen LogP contribution in [-0.4, -0.2) is 11.6 Å². The lowest BCUT2D eigenvalue weighted by Crippen LogP contribution is -2.20. The second-order valence-corrected chi connectivity index (χ2v) is 4.95. The fourth-order valence-corrected chi connectivity index (χ4v) is 2.79. The Kier molecular flexibility index (Phi) is 4.36. The number of benzene rings is 3. The summed E-state index contributed by atoms with van der Waals surface area (Å²) in [6.07, 6.45) is 0. The minimum atomic E-state index is -0.0686. The lowest BCUT2D eigenvalue weighted by Gasteiger charge is -2.17. The summed E-state index contributed by atoms with van der Waals surface area (Å²) in [5.41, 5.74) is 2.01. The standard InChI is InChI=1S/C18H10O2.2ClH/c19-17-13-7-3-4-8-14(13)18(20)16-10-12-6-2-1-5-11(12)9-15(16)17;;/h1-10H;2*1H. The van der Waals surface area contributed by atoms with Gasteiger partial charge >= 0.3 is 0 Å². The van der Waals surface area contributed by atoms with Crippen LogP contribution in [0.3, 0.4) is 0 Å². The maximum absolute atomic E-state index is 12.5. The Labute approximate surface area is 140 Å². The van der Waals surface area contributed by atoms with Crippen molar-refractivity contribution in [3.05, 3.63) is 82.9 Å². The van der Waals surface area contributed by atoms with E-state index in [1.165, 1.54) is 0 Å². The fourth-order valence-electron chi connectivity index (χ4n) is 2.79. The Morgan fingerprint density at radius 2 is 0.864 bits per heavy atom. The first kappa shape index (κ1) is 16.2. The zero-order chi connectivity index (χ0) is 13.7. The molecule has 0 unspecified atom stereocenters. The molecule has 0 saturated heterocycles. The van der Waals surface area contributed by atoms with Gasteiger partial charge in [-0.1, -0.05) is 48.5 Å². The molecule has 0 spiro atoms. The third-order valence-electron chi connectivity index (χ3n) is 3.79. The molecule has 22 heavy (non-hydrogen) atoms. The molecule has 2 nitrogen and oxygen atoms in total. The van der Waals surface area contributed by atoms with Gasteiger partial charge in [0, 0.05) is 22.3 Å². The monoisotopic (exact) mass is 330 g/mol. The Bertz CT molecular complexity index is 827. The van der Waals surface area contributed by atoms with Gasteiger partial charge in [0.15, 0.2) is 11.6 Å². The smallest absolute Gasteiger partial charge is 0.194 e. The van der Waals surface area contributed by atoms with Crippen molar-refractivity contribution in [1.82, 2.24) is 0 Å². The van der Waals surface area contributed by atoms with Gasteiger partial charge in [-0.3, -0.25) is 9.59 Å². The first-order valence-electron chi connectivity index (χ1n) is 6.47. The SMILES string of the molecule is Cl.Cl.O=C1c2ccccc2C(=O)c2cc3ccccc3cc21. The normalized spacial score (nSPS) is 12.0. The summed E-state index contributed by atoms with van der Waals surface area (Å²) < 4.78 is 0. The van der Waals surface area contributed by atoms with Crippen LogP contribution in [0.1, 0.15) is 31.8 Å². The first-order valence-corrected chi connectivity index (χ1v) is 6.47. The Hall–Kier alpha value is -2.16. The maximum Gasteiger partial charge on any atom is 0.194 e. The molecule has 0 amide bonds. The molecule has 0 N–H and O–H groups in total. The van der Waals surface area contributed by atoms with Gasteiger partial charge in [0.2, 0.25) is 0 Å². The highest BCUT2D eigenvalue weighted by Gasteiger charge is 2.29. The van der Waals surface area contributed by atoms with E-state index in [0.717, 1.165) is 10.8 Å². The molecule has 3 aromatic carbocycles. The van der Waals surface area contributed by atoms with E-state index in [1.807, 2.05) is 36.4 Å². The average molecular weight is 331 g/mol. The Balaban J connectivity index is 0.000000882. The third-order valence-corrected chi connectivity index (χ3v) is 3.79. The summed E-state index contributed by atoms with van der Waals surface area (Å²) in [6, 6.07) is 18.4. The predicted octanol–water partition coefficient (Wildman–Crippen LogP) is 4.46. The summed E-state index contributed by atoms with van der Waals surface area (Å²) in [5.74, 6) is -0.137. The number of rotatable bonds is 0. The van der Waals surface area contributed by atoms with Crippen molar-refractivity contribution >= 4 is 47.2 Å². The van der Waals surface area contributed by atoms with Crippen molar-refractivity contribution in [3.8, 4) is 0 Å². The Morgan fingerprint density at radius 1 is 0.500 bits per heavy atom. The van der Waals surface area contributed by atoms with Crippen LogP contribution in [-0.2, 0) is 0 Å². The average Bonchev–Trinajstić information content (AvgIpc) is 2.51. The van der Waals surface area contributed by atoms with Crippen LogP contribution < -0.4 is 0 Å². The number of hydrogen-bond acceptors (Lipinski definition) is 2. The third kappa shape index (κ3) is 2.21. The van der Waals surface area contributed by atoms with Gasteiger partial charge in [-0.2, -0.15) is 0 Å². The first-order chi connectivity index (χ1) is 9.75. The van der Waals surface area contributed by atoms with Gasteiger partial charge in [-0.25, -0.2) is 0 Å². The number of ketones is 2. The molecule has 4 heteroatoms. The number of hydrogen-bond donors (Lipinski definition) is 0. The molecule has 4 rings (SSSR count). The van der Waals surface area contributed by atoms with Crippen molar-refractivity contribution < 1.29 is 9.59 Å². The Morgan fingerprint density at radius 3 is 1.27 bits per heavy atom. The summed E-state index contributed by atoms with van der Waals surface area (Å²) in [7, 11) is 0. The number of fused-ring (bicyclic) bond motifs is 3. The van der Waals surface area contributed by atoms with Crippen LogP contribution in [0.25, 0.3) is 10.8 Å². The van der Waals surface area contributed by atoms with E-state index in [-0.39, 0.29) is 36.4 Å². The second-order valence-electron chi connectivity index (χ2n) is 4.95. The highest BCUT2D eigenvalue weighted by atomic mass is 35.5. The van der Waals surface area contributed by atoms with Crippen LogP contribution >= 0.6 is 24.8 Å². The molecule has 0 aromatic heterocycles. The molecule has 0 bridgehead atoms. The molecule has 0 atom stereocenters. The van der Waals surface area contributed by atoms with Crippen LogP contribution in [0.5, 0.6) is 0 Å². The lowest BCUT2D eigenvalue weighted by atomic mass is 9.83. The highest BCUT2D eigenvalue weighted by molar-refractivity contribution is 6.29. The molecule has 0 heterocycles. The van der Waals surface area contributed by atoms with Crippen molar-refractivity contribution in [2.24, 2.45) is 0 Å². The van der Waals surface area contributed by atoms with Crippen molar-refractivity contribution in [1.29, 1.82) is 0 Å². The largest absolute Gasteiger partial charge is 0.289 e.